The lowest BCUT2D eigenvalue weighted by Gasteiger charge is -2.35. The number of rotatable bonds is 24. The molecule has 12 nitrogen and oxygen atoms in total. The second kappa shape index (κ2) is 18.8. The van der Waals surface area contributed by atoms with Crippen LogP contribution in [0, 0.1) is 5.92 Å². The molecule has 2 rings (SSSR count). The first-order chi connectivity index (χ1) is 21.1. The maximum absolute atomic E-state index is 12.7. The van der Waals surface area contributed by atoms with Crippen LogP contribution in [0.25, 0.3) is 0 Å². The molecule has 0 aromatic rings. The van der Waals surface area contributed by atoms with Crippen LogP contribution < -0.4 is 0 Å². The minimum absolute atomic E-state index is 0.00967. The Morgan fingerprint density at radius 2 is 0.889 bits per heavy atom. The number of hydrogen-bond donors (Lipinski definition) is 0. The van der Waals surface area contributed by atoms with Gasteiger partial charge in [-0.15, -0.1) is 0 Å². The van der Waals surface area contributed by atoms with Gasteiger partial charge in [0.25, 0.3) is 0 Å². The van der Waals surface area contributed by atoms with Gasteiger partial charge in [-0.2, -0.15) is 4.42 Å². The van der Waals surface area contributed by atoms with Crippen molar-refractivity contribution in [2.45, 2.75) is 84.1 Å². The van der Waals surface area contributed by atoms with Gasteiger partial charge in [0.15, 0.2) is 5.78 Å². The molecule has 0 aromatic carbocycles. The van der Waals surface area contributed by atoms with Crippen molar-refractivity contribution < 1.29 is 42.7 Å². The zero-order valence-corrected chi connectivity index (χ0v) is 30.2. The summed E-state index contributed by atoms with van der Waals surface area (Å²) in [5.41, 5.74) is -2.40. The number of nitrogens with zero attached hydrogens (tertiary/aromatic N) is 3. The van der Waals surface area contributed by atoms with Gasteiger partial charge in [-0.05, 0) is 85.4 Å². The Bertz CT molecular complexity index is 838. The van der Waals surface area contributed by atoms with Crippen LogP contribution in [0.4, 0.5) is 0 Å². The summed E-state index contributed by atoms with van der Waals surface area (Å²) in [6.07, 6.45) is 0.633. The van der Waals surface area contributed by atoms with E-state index in [1.54, 1.807) is 13.7 Å². The van der Waals surface area contributed by atoms with Crippen molar-refractivity contribution in [3.63, 3.8) is 0 Å². The lowest BCUT2D eigenvalue weighted by atomic mass is 9.84. The molecule has 1 atom stereocenters. The molecule has 264 valence electrons. The van der Waals surface area contributed by atoms with Crippen molar-refractivity contribution in [3.05, 3.63) is 0 Å². The Balaban J connectivity index is 1.30. The Morgan fingerprint density at radius 1 is 0.533 bits per heavy atom. The second-order valence-corrected chi connectivity index (χ2v) is 14.0. The monoisotopic (exact) mass is 685 g/mol. The Morgan fingerprint density at radius 3 is 1.20 bits per heavy atom. The number of ketones is 1. The van der Waals surface area contributed by atoms with Gasteiger partial charge in [0.1, 0.15) is 11.2 Å². The predicted molar refractivity (Wildman–Crippen MR) is 172 cm³/mol. The summed E-state index contributed by atoms with van der Waals surface area (Å²) >= 11 is 12.8. The second-order valence-electron chi connectivity index (χ2n) is 13.3. The molecule has 14 heteroatoms. The first-order valence-electron chi connectivity index (χ1n) is 15.9. The molecule has 1 amide bonds. The molecule has 0 spiro atoms. The van der Waals surface area contributed by atoms with Crippen LogP contribution in [0.1, 0.15) is 61.8 Å². The van der Waals surface area contributed by atoms with Crippen LogP contribution in [0.3, 0.4) is 0 Å². The van der Waals surface area contributed by atoms with Crippen LogP contribution in [0.2, 0.25) is 0 Å². The summed E-state index contributed by atoms with van der Waals surface area (Å²) in [5, 5.41) is 0. The maximum Gasteiger partial charge on any atom is 0.245 e. The first kappa shape index (κ1) is 40.5. The summed E-state index contributed by atoms with van der Waals surface area (Å²) in [7, 11) is 0. The van der Waals surface area contributed by atoms with Crippen molar-refractivity contribution in [2.24, 2.45) is 5.92 Å². The molecule has 2 saturated heterocycles. The van der Waals surface area contributed by atoms with E-state index in [1.165, 1.54) is 0 Å². The van der Waals surface area contributed by atoms with Crippen LogP contribution >= 0.6 is 23.6 Å². The molecule has 1 unspecified atom stereocenters. The van der Waals surface area contributed by atoms with E-state index in [0.717, 1.165) is 0 Å². The van der Waals surface area contributed by atoms with Crippen LogP contribution in [-0.4, -0.2) is 147 Å². The first-order valence-corrected chi connectivity index (χ1v) is 16.6. The zero-order chi connectivity index (χ0) is 33.7. The SMILES string of the molecule is CC1(C)C(=O)C(CCOCCOCCOCCOCCOCCOCCOCCN2C(=O)C(C)(C)N(Cl)C2(C)C)C(C)(C)N1Cl. The highest BCUT2D eigenvalue weighted by Crippen LogP contribution is 2.45. The van der Waals surface area contributed by atoms with Crippen molar-refractivity contribution >= 4 is 35.2 Å². The van der Waals surface area contributed by atoms with E-state index in [0.29, 0.717) is 105 Å². The van der Waals surface area contributed by atoms with Crippen LogP contribution in [0.5, 0.6) is 0 Å². The third kappa shape index (κ3) is 11.2. The van der Waals surface area contributed by atoms with E-state index in [-0.39, 0.29) is 17.6 Å². The molecule has 2 aliphatic heterocycles. The molecule has 0 bridgehead atoms. The number of hydrogen-bond acceptors (Lipinski definition) is 11. The molecule has 2 aliphatic rings. The van der Waals surface area contributed by atoms with E-state index >= 15 is 0 Å². The molecule has 45 heavy (non-hydrogen) atoms. The smallest absolute Gasteiger partial charge is 0.245 e. The Kier molecular flexibility index (Phi) is 16.9. The van der Waals surface area contributed by atoms with Crippen LogP contribution in [0.15, 0.2) is 0 Å². The summed E-state index contributed by atoms with van der Waals surface area (Å²) in [6, 6.07) is 0. The molecular formula is C31H57Cl2N3O9. The fourth-order valence-electron chi connectivity index (χ4n) is 5.79. The quantitative estimate of drug-likeness (QED) is 0.110. The highest BCUT2D eigenvalue weighted by Gasteiger charge is 2.57. The van der Waals surface area contributed by atoms with Crippen LogP contribution in [-0.2, 0) is 42.7 Å². The molecule has 2 heterocycles. The highest BCUT2D eigenvalue weighted by molar-refractivity contribution is 6.18. The summed E-state index contributed by atoms with van der Waals surface area (Å²) in [6.45, 7) is 22.2. The number of carbonyl (C=O) groups is 2. The number of amides is 1. The number of carbonyl (C=O) groups excluding carboxylic acids is 2. The van der Waals surface area contributed by atoms with E-state index in [1.807, 2.05) is 55.4 Å². The molecule has 0 saturated carbocycles. The fourth-order valence-corrected chi connectivity index (χ4v) is 6.16. The third-order valence-electron chi connectivity index (χ3n) is 8.41. The Hall–Kier alpha value is -0.640. The number of Topliss-reactive ketones (excluding diaryl/α,β-unsaturated/α-hetero) is 1. The largest absolute Gasteiger partial charge is 0.379 e. The molecule has 2 fully saturated rings. The standard InChI is InChI=1S/C31H57Cl2N3O9/c1-28(2)25(26(37)29(3,4)35(28)32)9-11-39-13-15-41-17-19-43-21-23-45-24-22-44-20-18-42-16-14-40-12-10-34-27(38)30(5,6)36(33)31(34,7)8/h25H,9-24H2,1-8H3. The zero-order valence-electron chi connectivity index (χ0n) is 28.7. The molecule has 0 aliphatic carbocycles. The van der Waals surface area contributed by atoms with Crippen molar-refractivity contribution in [1.82, 2.24) is 13.7 Å². The van der Waals surface area contributed by atoms with E-state index in [4.69, 9.17) is 56.7 Å². The van der Waals surface area contributed by atoms with Crippen molar-refractivity contribution in [3.8, 4) is 0 Å². The Labute approximate surface area is 280 Å². The third-order valence-corrected chi connectivity index (χ3v) is 10.1. The average molecular weight is 687 g/mol. The number of ether oxygens (including phenoxy) is 7. The highest BCUT2D eigenvalue weighted by atomic mass is 35.5. The van der Waals surface area contributed by atoms with Gasteiger partial charge in [-0.25, -0.2) is 4.42 Å². The van der Waals surface area contributed by atoms with Gasteiger partial charge in [0, 0.05) is 24.6 Å². The van der Waals surface area contributed by atoms with E-state index < -0.39 is 22.3 Å². The van der Waals surface area contributed by atoms with Crippen molar-refractivity contribution in [2.75, 3.05) is 99.0 Å². The fraction of sp³-hybridized carbons (Fsp3) is 0.935. The summed E-state index contributed by atoms with van der Waals surface area (Å²) in [4.78, 5) is 27.1. The average Bonchev–Trinajstić information content (AvgIpc) is 3.17. The van der Waals surface area contributed by atoms with Gasteiger partial charge in [0.2, 0.25) is 5.91 Å². The molecule has 0 N–H and O–H groups in total. The molecule has 0 aromatic heterocycles. The maximum atomic E-state index is 12.7. The minimum atomic E-state index is -0.744. The molecule has 0 radical (unpaired) electrons. The van der Waals surface area contributed by atoms with Crippen molar-refractivity contribution in [1.29, 1.82) is 0 Å². The van der Waals surface area contributed by atoms with Gasteiger partial charge in [-0.1, -0.05) is 0 Å². The normalized spacial score (nSPS) is 22.6. The number of halogens is 2. The van der Waals surface area contributed by atoms with Gasteiger partial charge < -0.3 is 38.1 Å². The summed E-state index contributed by atoms with van der Waals surface area (Å²) < 4.78 is 42.1. The summed E-state index contributed by atoms with van der Waals surface area (Å²) in [5.74, 6) is -0.0153. The van der Waals surface area contributed by atoms with E-state index in [9.17, 15) is 9.59 Å². The predicted octanol–water partition coefficient (Wildman–Crippen LogP) is 3.52. The lowest BCUT2D eigenvalue weighted by Crippen LogP contribution is -2.47. The topological polar surface area (TPSA) is 108 Å². The minimum Gasteiger partial charge on any atom is -0.379 e. The van der Waals surface area contributed by atoms with E-state index in [2.05, 4.69) is 0 Å². The van der Waals surface area contributed by atoms with Gasteiger partial charge in [-0.3, -0.25) is 9.59 Å². The lowest BCUT2D eigenvalue weighted by molar-refractivity contribution is -0.134. The van der Waals surface area contributed by atoms with Gasteiger partial charge >= 0.3 is 0 Å². The van der Waals surface area contributed by atoms with Gasteiger partial charge in [0.05, 0.1) is 91.4 Å². The molecular weight excluding hydrogens is 629 g/mol.